The van der Waals surface area contributed by atoms with Crippen LogP contribution < -0.4 is 5.32 Å². The molecule has 1 N–H and O–H groups in total. The van der Waals surface area contributed by atoms with Crippen LogP contribution in [0.15, 0.2) is 11.6 Å². The van der Waals surface area contributed by atoms with Crippen LogP contribution in [0.25, 0.3) is 0 Å². The van der Waals surface area contributed by atoms with E-state index in [4.69, 9.17) is 4.74 Å². The smallest absolute Gasteiger partial charge is 0.310 e. The maximum atomic E-state index is 12.0. The van der Waals surface area contributed by atoms with E-state index in [-0.39, 0.29) is 12.0 Å². The SMILES string of the molecule is CC(C)[C@@H]1CC(COC(=O)CC2=CC(=O)NC2=O)C[C@@H](C(C)C)C1. The Bertz CT molecular complexity index is 519. The van der Waals surface area contributed by atoms with Gasteiger partial charge in [-0.25, -0.2) is 0 Å². The van der Waals surface area contributed by atoms with Crippen molar-refractivity contribution in [3.63, 3.8) is 0 Å². The second-order valence-corrected chi connectivity index (χ2v) is 7.93. The Kier molecular flexibility index (Phi) is 6.19. The lowest BCUT2D eigenvalue weighted by Gasteiger charge is -2.38. The highest BCUT2D eigenvalue weighted by molar-refractivity contribution is 6.17. The van der Waals surface area contributed by atoms with E-state index in [1.165, 1.54) is 12.5 Å². The number of carbonyl (C=O) groups excluding carboxylic acids is 3. The zero-order chi connectivity index (χ0) is 17.9. The topological polar surface area (TPSA) is 72.5 Å². The first kappa shape index (κ1) is 18.7. The van der Waals surface area contributed by atoms with Gasteiger partial charge >= 0.3 is 5.97 Å². The van der Waals surface area contributed by atoms with Crippen LogP contribution in [0.5, 0.6) is 0 Å². The van der Waals surface area contributed by atoms with Crippen LogP contribution in [0.3, 0.4) is 0 Å². The molecule has 0 aromatic heterocycles. The Morgan fingerprint density at radius 3 is 2.17 bits per heavy atom. The molecule has 1 aliphatic carbocycles. The number of ether oxygens (including phenoxy) is 1. The predicted octanol–water partition coefficient (Wildman–Crippen LogP) is 2.85. The van der Waals surface area contributed by atoms with Crippen molar-refractivity contribution in [3.8, 4) is 0 Å². The van der Waals surface area contributed by atoms with Gasteiger partial charge in [-0.05, 0) is 48.9 Å². The summed E-state index contributed by atoms with van der Waals surface area (Å²) < 4.78 is 5.41. The second-order valence-electron chi connectivity index (χ2n) is 7.93. The van der Waals surface area contributed by atoms with Crippen molar-refractivity contribution in [3.05, 3.63) is 11.6 Å². The lowest BCUT2D eigenvalue weighted by Crippen LogP contribution is -2.31. The molecule has 24 heavy (non-hydrogen) atoms. The molecule has 5 nitrogen and oxygen atoms in total. The summed E-state index contributed by atoms with van der Waals surface area (Å²) in [4.78, 5) is 34.5. The summed E-state index contributed by atoms with van der Waals surface area (Å²) in [7, 11) is 0. The molecule has 2 rings (SSSR count). The van der Waals surface area contributed by atoms with Crippen LogP contribution in [0.1, 0.15) is 53.4 Å². The molecule has 2 amide bonds. The molecule has 0 radical (unpaired) electrons. The van der Waals surface area contributed by atoms with Crippen molar-refractivity contribution in [2.24, 2.45) is 29.6 Å². The zero-order valence-electron chi connectivity index (χ0n) is 15.1. The van der Waals surface area contributed by atoms with E-state index in [0.29, 0.717) is 36.2 Å². The van der Waals surface area contributed by atoms with Crippen LogP contribution in [0.4, 0.5) is 0 Å². The molecule has 1 aliphatic heterocycles. The van der Waals surface area contributed by atoms with Crippen molar-refractivity contribution in [1.29, 1.82) is 0 Å². The summed E-state index contributed by atoms with van der Waals surface area (Å²) in [5.74, 6) is 1.64. The molecule has 0 saturated heterocycles. The standard InChI is InChI=1S/C19H29NO4/c1-11(2)14-5-13(6-15(7-14)12(3)4)10-24-18(22)9-16-8-17(21)20-19(16)23/h8,11-15H,5-7,9-10H2,1-4H3,(H,20,21,23)/t14-,15-/m1/s1. The van der Waals surface area contributed by atoms with Gasteiger partial charge in [-0.3, -0.25) is 19.7 Å². The third kappa shape index (κ3) is 4.92. The molecule has 0 aromatic carbocycles. The van der Waals surface area contributed by atoms with Gasteiger partial charge in [0.1, 0.15) is 0 Å². The van der Waals surface area contributed by atoms with Gasteiger partial charge < -0.3 is 4.74 Å². The first-order valence-corrected chi connectivity index (χ1v) is 8.97. The average molecular weight is 335 g/mol. The number of rotatable bonds is 6. The first-order valence-electron chi connectivity index (χ1n) is 8.97. The van der Waals surface area contributed by atoms with Gasteiger partial charge in [-0.15, -0.1) is 0 Å². The molecular weight excluding hydrogens is 306 g/mol. The third-order valence-electron chi connectivity index (χ3n) is 5.41. The van der Waals surface area contributed by atoms with Gasteiger partial charge in [-0.1, -0.05) is 27.7 Å². The van der Waals surface area contributed by atoms with Gasteiger partial charge in [0.05, 0.1) is 13.0 Å². The van der Waals surface area contributed by atoms with Crippen molar-refractivity contribution in [1.82, 2.24) is 5.32 Å². The molecule has 0 spiro atoms. The summed E-state index contributed by atoms with van der Waals surface area (Å²) in [5.41, 5.74) is 0.189. The Morgan fingerprint density at radius 2 is 1.71 bits per heavy atom. The number of nitrogens with one attached hydrogen (secondary N) is 1. The van der Waals surface area contributed by atoms with E-state index in [2.05, 4.69) is 33.0 Å². The van der Waals surface area contributed by atoms with Crippen molar-refractivity contribution < 1.29 is 19.1 Å². The molecule has 0 aromatic rings. The Labute approximate surface area is 144 Å². The lowest BCUT2D eigenvalue weighted by molar-refractivity contribution is -0.145. The molecule has 2 atom stereocenters. The van der Waals surface area contributed by atoms with Gasteiger partial charge in [-0.2, -0.15) is 0 Å². The number of amides is 2. The average Bonchev–Trinajstić information content (AvgIpc) is 2.82. The minimum Gasteiger partial charge on any atom is -0.465 e. The maximum absolute atomic E-state index is 12.0. The molecule has 2 aliphatic rings. The zero-order valence-corrected chi connectivity index (χ0v) is 15.1. The number of imide groups is 1. The fraction of sp³-hybridized carbons (Fsp3) is 0.737. The first-order chi connectivity index (χ1) is 11.3. The molecule has 1 fully saturated rings. The third-order valence-corrected chi connectivity index (χ3v) is 5.41. The van der Waals surface area contributed by atoms with E-state index >= 15 is 0 Å². The van der Waals surface area contributed by atoms with Gasteiger partial charge in [0.2, 0.25) is 0 Å². The number of hydrogen-bond acceptors (Lipinski definition) is 4. The lowest BCUT2D eigenvalue weighted by atomic mass is 9.68. The number of carbonyl (C=O) groups is 3. The van der Waals surface area contributed by atoms with E-state index in [1.807, 2.05) is 0 Å². The minimum atomic E-state index is -0.491. The molecule has 0 unspecified atom stereocenters. The minimum absolute atomic E-state index is 0.133. The fourth-order valence-electron chi connectivity index (χ4n) is 3.76. The van der Waals surface area contributed by atoms with Crippen LogP contribution >= 0.6 is 0 Å². The Morgan fingerprint density at radius 1 is 1.12 bits per heavy atom. The van der Waals surface area contributed by atoms with Crippen molar-refractivity contribution in [2.45, 2.75) is 53.4 Å². The van der Waals surface area contributed by atoms with Gasteiger partial charge in [0.15, 0.2) is 0 Å². The van der Waals surface area contributed by atoms with E-state index in [1.54, 1.807) is 0 Å². The van der Waals surface area contributed by atoms with Gasteiger partial charge in [0.25, 0.3) is 11.8 Å². The van der Waals surface area contributed by atoms with E-state index in [0.717, 1.165) is 12.8 Å². The molecule has 1 heterocycles. The van der Waals surface area contributed by atoms with E-state index in [9.17, 15) is 14.4 Å². The summed E-state index contributed by atoms with van der Waals surface area (Å²) >= 11 is 0. The molecule has 134 valence electrons. The Hall–Kier alpha value is -1.65. The highest BCUT2D eigenvalue weighted by atomic mass is 16.5. The summed E-state index contributed by atoms with van der Waals surface area (Å²) in [6, 6.07) is 0. The summed E-state index contributed by atoms with van der Waals surface area (Å²) in [6.45, 7) is 9.46. The molecule has 5 heteroatoms. The quantitative estimate of drug-likeness (QED) is 0.598. The number of hydrogen-bond donors (Lipinski definition) is 1. The van der Waals surface area contributed by atoms with Crippen LogP contribution in [-0.4, -0.2) is 24.4 Å². The summed E-state index contributed by atoms with van der Waals surface area (Å²) in [5, 5.41) is 2.14. The van der Waals surface area contributed by atoms with Gasteiger partial charge in [0, 0.05) is 11.6 Å². The summed E-state index contributed by atoms with van der Waals surface area (Å²) in [6.07, 6.45) is 4.49. The van der Waals surface area contributed by atoms with Crippen molar-refractivity contribution in [2.75, 3.05) is 6.61 Å². The molecule has 0 bridgehead atoms. The number of esters is 1. The monoisotopic (exact) mass is 335 g/mol. The molecule has 1 saturated carbocycles. The van der Waals surface area contributed by atoms with Crippen molar-refractivity contribution >= 4 is 17.8 Å². The fourth-order valence-corrected chi connectivity index (χ4v) is 3.76. The predicted molar refractivity (Wildman–Crippen MR) is 90.8 cm³/mol. The van der Waals surface area contributed by atoms with Crippen LogP contribution in [-0.2, 0) is 19.1 Å². The normalized spacial score (nSPS) is 27.4. The largest absolute Gasteiger partial charge is 0.465 e. The second kappa shape index (κ2) is 7.95. The highest BCUT2D eigenvalue weighted by Crippen LogP contribution is 2.40. The maximum Gasteiger partial charge on any atom is 0.310 e. The van der Waals surface area contributed by atoms with Crippen LogP contribution in [0.2, 0.25) is 0 Å². The van der Waals surface area contributed by atoms with Crippen LogP contribution in [0, 0.1) is 29.6 Å². The van der Waals surface area contributed by atoms with E-state index < -0.39 is 17.8 Å². The highest BCUT2D eigenvalue weighted by Gasteiger charge is 2.32. The molecular formula is C19H29NO4. The Balaban J connectivity index is 1.85.